The van der Waals surface area contributed by atoms with Crippen LogP contribution < -0.4 is 0 Å². The van der Waals surface area contributed by atoms with E-state index in [1.54, 1.807) is 0 Å². The van der Waals surface area contributed by atoms with Crippen LogP contribution in [0.25, 0.3) is 0 Å². The Hall–Kier alpha value is -0.800. The molecule has 0 spiro atoms. The highest BCUT2D eigenvalue weighted by molar-refractivity contribution is 8.00. The fourth-order valence-electron chi connectivity index (χ4n) is 1.90. The lowest BCUT2D eigenvalue weighted by molar-refractivity contribution is 0.112. The maximum atomic E-state index is 10.7. The number of carbonyl (C=O) groups excluding carboxylic acids is 1. The van der Waals surface area contributed by atoms with Crippen LogP contribution in [-0.2, 0) is 4.74 Å². The molecule has 2 unspecified atom stereocenters. The third-order valence-corrected chi connectivity index (χ3v) is 4.41. The van der Waals surface area contributed by atoms with Crippen molar-refractivity contribution >= 4 is 18.0 Å². The lowest BCUT2D eigenvalue weighted by Gasteiger charge is -2.14. The van der Waals surface area contributed by atoms with Crippen LogP contribution in [0.2, 0.25) is 0 Å². The molecule has 0 radical (unpaired) electrons. The molecular weight excluding hydrogens is 220 g/mol. The number of hydrogen-bond donors (Lipinski definition) is 0. The van der Waals surface area contributed by atoms with Crippen molar-refractivity contribution in [3.63, 3.8) is 0 Å². The lowest BCUT2D eigenvalue weighted by atomic mass is 10.1. The number of thioether (sulfide) groups is 1. The van der Waals surface area contributed by atoms with Crippen molar-refractivity contribution in [2.75, 3.05) is 6.61 Å². The van der Waals surface area contributed by atoms with E-state index in [-0.39, 0.29) is 0 Å². The Balaban J connectivity index is 2.10. The van der Waals surface area contributed by atoms with E-state index >= 15 is 0 Å². The van der Waals surface area contributed by atoms with Crippen molar-refractivity contribution in [2.24, 2.45) is 0 Å². The van der Waals surface area contributed by atoms with Gasteiger partial charge in [-0.15, -0.1) is 11.8 Å². The summed E-state index contributed by atoms with van der Waals surface area (Å²) >= 11 is 1.85. The van der Waals surface area contributed by atoms with Gasteiger partial charge in [0.1, 0.15) is 6.29 Å². The number of rotatable bonds is 3. The van der Waals surface area contributed by atoms with Crippen molar-refractivity contribution in [3.05, 3.63) is 29.3 Å². The Morgan fingerprint density at radius 1 is 1.50 bits per heavy atom. The monoisotopic (exact) mass is 236 g/mol. The van der Waals surface area contributed by atoms with Gasteiger partial charge in [-0.2, -0.15) is 0 Å². The Morgan fingerprint density at radius 3 is 2.88 bits per heavy atom. The molecule has 2 rings (SSSR count). The van der Waals surface area contributed by atoms with Gasteiger partial charge in [-0.25, -0.2) is 0 Å². The zero-order valence-electron chi connectivity index (χ0n) is 9.60. The van der Waals surface area contributed by atoms with Gasteiger partial charge in [0, 0.05) is 22.3 Å². The number of carbonyl (C=O) groups is 1. The first-order chi connectivity index (χ1) is 7.70. The molecule has 1 saturated heterocycles. The molecule has 16 heavy (non-hydrogen) atoms. The summed E-state index contributed by atoms with van der Waals surface area (Å²) < 4.78 is 5.54. The number of aldehydes is 1. The van der Waals surface area contributed by atoms with Gasteiger partial charge in [0.2, 0.25) is 0 Å². The summed E-state index contributed by atoms with van der Waals surface area (Å²) in [6.07, 6.45) is 2.35. The summed E-state index contributed by atoms with van der Waals surface area (Å²) in [5, 5.41) is 0.543. The second-order valence-electron chi connectivity index (χ2n) is 4.16. The predicted molar refractivity (Wildman–Crippen MR) is 66.2 cm³/mol. The number of benzene rings is 1. The molecule has 3 heteroatoms. The van der Waals surface area contributed by atoms with Gasteiger partial charge < -0.3 is 4.74 Å². The van der Waals surface area contributed by atoms with Crippen molar-refractivity contribution in [1.82, 2.24) is 0 Å². The molecule has 0 saturated carbocycles. The Kier molecular flexibility index (Phi) is 3.66. The molecule has 1 heterocycles. The Morgan fingerprint density at radius 2 is 2.31 bits per heavy atom. The summed E-state index contributed by atoms with van der Waals surface area (Å²) in [7, 11) is 0. The molecule has 0 aliphatic carbocycles. The van der Waals surface area contributed by atoms with Gasteiger partial charge in [-0.1, -0.05) is 6.07 Å². The minimum absolute atomic E-state index is 0.330. The molecule has 1 aliphatic rings. The molecule has 2 atom stereocenters. The van der Waals surface area contributed by atoms with Gasteiger partial charge in [-0.05, 0) is 38.0 Å². The van der Waals surface area contributed by atoms with Gasteiger partial charge in [-0.3, -0.25) is 4.79 Å². The average molecular weight is 236 g/mol. The van der Waals surface area contributed by atoms with Crippen LogP contribution in [0, 0.1) is 6.92 Å². The summed E-state index contributed by atoms with van der Waals surface area (Å²) in [6.45, 7) is 4.96. The first-order valence-electron chi connectivity index (χ1n) is 5.55. The van der Waals surface area contributed by atoms with Gasteiger partial charge in [0.15, 0.2) is 0 Å². The fourth-order valence-corrected chi connectivity index (χ4v) is 3.12. The van der Waals surface area contributed by atoms with Gasteiger partial charge in [0.25, 0.3) is 0 Å². The topological polar surface area (TPSA) is 26.3 Å². The quantitative estimate of drug-likeness (QED) is 0.754. The molecule has 0 amide bonds. The van der Waals surface area contributed by atoms with Crippen LogP contribution in [0.4, 0.5) is 0 Å². The van der Waals surface area contributed by atoms with E-state index in [0.717, 1.165) is 30.4 Å². The zero-order valence-corrected chi connectivity index (χ0v) is 10.4. The molecule has 1 aromatic carbocycles. The Labute approximate surface area is 100 Å². The second-order valence-corrected chi connectivity index (χ2v) is 5.47. The molecule has 0 bridgehead atoms. The van der Waals surface area contributed by atoms with Crippen LogP contribution >= 0.6 is 11.8 Å². The Bertz CT molecular complexity index is 390. The maximum Gasteiger partial charge on any atom is 0.150 e. The minimum atomic E-state index is 0.330. The number of hydrogen-bond acceptors (Lipinski definition) is 3. The van der Waals surface area contributed by atoms with Gasteiger partial charge >= 0.3 is 0 Å². The zero-order chi connectivity index (χ0) is 11.5. The highest BCUT2D eigenvalue weighted by atomic mass is 32.2. The summed E-state index contributed by atoms with van der Waals surface area (Å²) in [5.74, 6) is 0. The third kappa shape index (κ3) is 2.47. The van der Waals surface area contributed by atoms with Crippen LogP contribution in [0.1, 0.15) is 29.3 Å². The molecule has 86 valence electrons. The number of aryl methyl sites for hydroxylation is 1. The third-order valence-electron chi connectivity index (χ3n) is 2.96. The second kappa shape index (κ2) is 5.02. The van der Waals surface area contributed by atoms with Crippen molar-refractivity contribution in [3.8, 4) is 0 Å². The van der Waals surface area contributed by atoms with E-state index in [0.29, 0.717) is 11.4 Å². The van der Waals surface area contributed by atoms with Crippen LogP contribution in [0.15, 0.2) is 23.1 Å². The van der Waals surface area contributed by atoms with E-state index in [1.807, 2.05) is 30.8 Å². The maximum absolute atomic E-state index is 10.7. The molecule has 1 aliphatic heterocycles. The molecule has 2 nitrogen and oxygen atoms in total. The van der Waals surface area contributed by atoms with E-state index in [1.165, 1.54) is 4.90 Å². The largest absolute Gasteiger partial charge is 0.377 e. The number of ether oxygens (including phenoxy) is 1. The van der Waals surface area contributed by atoms with Crippen molar-refractivity contribution in [2.45, 2.75) is 36.5 Å². The molecule has 1 fully saturated rings. The highest BCUT2D eigenvalue weighted by Gasteiger charge is 2.25. The minimum Gasteiger partial charge on any atom is -0.377 e. The average Bonchev–Trinajstić information content (AvgIpc) is 2.65. The van der Waals surface area contributed by atoms with E-state index < -0.39 is 0 Å². The van der Waals surface area contributed by atoms with Crippen molar-refractivity contribution < 1.29 is 9.53 Å². The summed E-state index contributed by atoms with van der Waals surface area (Å²) in [4.78, 5) is 11.9. The predicted octanol–water partition coefficient (Wildman–Crippen LogP) is 3.08. The molecular formula is C13H16O2S. The molecule has 0 N–H and O–H groups in total. The van der Waals surface area contributed by atoms with Crippen molar-refractivity contribution in [1.29, 1.82) is 0 Å². The first kappa shape index (κ1) is 11.7. The van der Waals surface area contributed by atoms with E-state index in [4.69, 9.17) is 4.74 Å². The molecule has 0 aromatic heterocycles. The van der Waals surface area contributed by atoms with Gasteiger partial charge in [0.05, 0.1) is 6.10 Å². The van der Waals surface area contributed by atoms with Crippen LogP contribution in [0.5, 0.6) is 0 Å². The van der Waals surface area contributed by atoms with E-state index in [9.17, 15) is 4.79 Å². The van der Waals surface area contributed by atoms with Crippen LogP contribution in [0.3, 0.4) is 0 Å². The highest BCUT2D eigenvalue weighted by Crippen LogP contribution is 2.33. The van der Waals surface area contributed by atoms with E-state index in [2.05, 4.69) is 13.0 Å². The standard InChI is InChI=1S/C13H16O2S/c1-9-7-12(4-3-11(9)8-14)16-13-5-6-15-10(13)2/h3-4,7-8,10,13H,5-6H2,1-2H3. The smallest absolute Gasteiger partial charge is 0.150 e. The first-order valence-corrected chi connectivity index (χ1v) is 6.43. The fraction of sp³-hybridized carbons (Fsp3) is 0.462. The summed E-state index contributed by atoms with van der Waals surface area (Å²) in [6, 6.07) is 6.00. The summed E-state index contributed by atoms with van der Waals surface area (Å²) in [5.41, 5.74) is 1.83. The normalized spacial score (nSPS) is 24.6. The van der Waals surface area contributed by atoms with Crippen LogP contribution in [-0.4, -0.2) is 24.2 Å². The SMILES string of the molecule is Cc1cc(SC2CCOC2C)ccc1C=O. The lowest BCUT2D eigenvalue weighted by Crippen LogP contribution is -2.12. The molecule has 1 aromatic rings.